The molecular formula is C18H17F3N2O4. The number of nitrogens with one attached hydrogen (secondary N) is 1. The van der Waals surface area contributed by atoms with Gasteiger partial charge in [-0.25, -0.2) is 4.98 Å². The third-order valence-electron chi connectivity index (χ3n) is 3.81. The maximum atomic E-state index is 12.5. The largest absolute Gasteiger partial charge is 0.573 e. The topological polar surface area (TPSA) is 69.7 Å². The van der Waals surface area contributed by atoms with Crippen molar-refractivity contribution in [1.29, 1.82) is 0 Å². The lowest BCUT2D eigenvalue weighted by atomic mass is 10.1. The van der Waals surface area contributed by atoms with Gasteiger partial charge in [0, 0.05) is 30.7 Å². The third-order valence-corrected chi connectivity index (χ3v) is 3.81. The summed E-state index contributed by atoms with van der Waals surface area (Å²) >= 11 is 0. The monoisotopic (exact) mass is 382 g/mol. The maximum absolute atomic E-state index is 12.5. The molecule has 2 aromatic rings. The van der Waals surface area contributed by atoms with E-state index in [9.17, 15) is 18.0 Å². The van der Waals surface area contributed by atoms with E-state index in [0.29, 0.717) is 13.2 Å². The van der Waals surface area contributed by atoms with Crippen molar-refractivity contribution in [2.75, 3.05) is 18.5 Å². The van der Waals surface area contributed by atoms with E-state index in [2.05, 4.69) is 15.0 Å². The van der Waals surface area contributed by atoms with Gasteiger partial charge in [0.25, 0.3) is 5.91 Å². The van der Waals surface area contributed by atoms with E-state index in [1.54, 1.807) is 0 Å². The molecule has 6 nitrogen and oxygen atoms in total. The number of carbonyl (C=O) groups excluding carboxylic acids is 1. The number of hydrogen-bond acceptors (Lipinski definition) is 5. The number of halogens is 3. The van der Waals surface area contributed by atoms with Gasteiger partial charge in [0.1, 0.15) is 6.10 Å². The average Bonchev–Trinajstić information content (AvgIpc) is 2.63. The Balaban J connectivity index is 1.70. The Morgan fingerprint density at radius 1 is 1.19 bits per heavy atom. The SMILES string of the molecule is O=C(Nc1ccccc1OC(F)(F)F)c1ccnc(OC2CCOCC2)c1. The minimum Gasteiger partial charge on any atom is -0.474 e. The van der Waals surface area contributed by atoms with Crippen LogP contribution in [-0.4, -0.2) is 36.6 Å². The Labute approximate surface area is 153 Å². The first kappa shape index (κ1) is 19.0. The molecule has 1 N–H and O–H groups in total. The highest BCUT2D eigenvalue weighted by molar-refractivity contribution is 6.05. The Morgan fingerprint density at radius 2 is 1.93 bits per heavy atom. The summed E-state index contributed by atoms with van der Waals surface area (Å²) in [5.41, 5.74) is 0.109. The molecule has 9 heteroatoms. The lowest BCUT2D eigenvalue weighted by Gasteiger charge is -2.22. The van der Waals surface area contributed by atoms with Crippen LogP contribution in [0.3, 0.4) is 0 Å². The number of amides is 1. The normalized spacial score (nSPS) is 15.2. The molecule has 1 saturated heterocycles. The molecule has 1 aliphatic rings. The van der Waals surface area contributed by atoms with Crippen molar-refractivity contribution in [2.24, 2.45) is 0 Å². The number of para-hydroxylation sites is 2. The number of hydrogen-bond donors (Lipinski definition) is 1. The van der Waals surface area contributed by atoms with Crippen LogP contribution in [0.15, 0.2) is 42.6 Å². The Bertz CT molecular complexity index is 792. The van der Waals surface area contributed by atoms with E-state index in [1.165, 1.54) is 36.5 Å². The molecule has 144 valence electrons. The Morgan fingerprint density at radius 3 is 2.67 bits per heavy atom. The van der Waals surface area contributed by atoms with Crippen LogP contribution in [-0.2, 0) is 4.74 Å². The molecule has 0 unspecified atom stereocenters. The summed E-state index contributed by atoms with van der Waals surface area (Å²) in [6.07, 6.45) is -2.06. The van der Waals surface area contributed by atoms with Gasteiger partial charge in [0.15, 0.2) is 5.75 Å². The van der Waals surface area contributed by atoms with Crippen LogP contribution in [0.4, 0.5) is 18.9 Å². The van der Waals surface area contributed by atoms with Gasteiger partial charge in [-0.2, -0.15) is 0 Å². The van der Waals surface area contributed by atoms with Crippen LogP contribution in [0, 0.1) is 0 Å². The van der Waals surface area contributed by atoms with Gasteiger partial charge in [-0.3, -0.25) is 4.79 Å². The van der Waals surface area contributed by atoms with Crippen molar-refractivity contribution < 1.29 is 32.2 Å². The van der Waals surface area contributed by atoms with Gasteiger partial charge < -0.3 is 19.5 Å². The zero-order chi connectivity index (χ0) is 19.3. The zero-order valence-electron chi connectivity index (χ0n) is 14.2. The Hall–Kier alpha value is -2.81. The number of rotatable bonds is 5. The fourth-order valence-corrected chi connectivity index (χ4v) is 2.56. The summed E-state index contributed by atoms with van der Waals surface area (Å²) in [4.78, 5) is 16.5. The second kappa shape index (κ2) is 8.26. The number of ether oxygens (including phenoxy) is 3. The fraction of sp³-hybridized carbons (Fsp3) is 0.333. The minimum absolute atomic E-state index is 0.0505. The molecule has 0 saturated carbocycles. The van der Waals surface area contributed by atoms with Crippen molar-refractivity contribution in [3.63, 3.8) is 0 Å². The van der Waals surface area contributed by atoms with E-state index in [-0.39, 0.29) is 23.2 Å². The van der Waals surface area contributed by atoms with Crippen LogP contribution in [0.25, 0.3) is 0 Å². The summed E-state index contributed by atoms with van der Waals surface area (Å²) in [6.45, 7) is 1.20. The first-order valence-corrected chi connectivity index (χ1v) is 8.27. The number of carbonyl (C=O) groups is 1. The van der Waals surface area contributed by atoms with Crippen LogP contribution in [0.2, 0.25) is 0 Å². The third kappa shape index (κ3) is 5.58. The van der Waals surface area contributed by atoms with Gasteiger partial charge in [-0.15, -0.1) is 13.2 Å². The second-order valence-electron chi connectivity index (χ2n) is 5.81. The second-order valence-corrected chi connectivity index (χ2v) is 5.81. The van der Waals surface area contributed by atoms with Gasteiger partial charge in [-0.05, 0) is 18.2 Å². The van der Waals surface area contributed by atoms with E-state index in [1.807, 2.05) is 0 Å². The summed E-state index contributed by atoms with van der Waals surface area (Å²) in [7, 11) is 0. The van der Waals surface area contributed by atoms with E-state index in [0.717, 1.165) is 18.9 Å². The van der Waals surface area contributed by atoms with E-state index in [4.69, 9.17) is 9.47 Å². The minimum atomic E-state index is -4.86. The standard InChI is InChI=1S/C18H17F3N2O4/c19-18(20,21)27-15-4-2-1-3-14(15)23-17(24)12-5-8-22-16(11-12)26-13-6-9-25-10-7-13/h1-5,8,11,13H,6-7,9-10H2,(H,23,24). The first-order valence-electron chi connectivity index (χ1n) is 8.27. The summed E-state index contributed by atoms with van der Waals surface area (Å²) < 4.78 is 52.4. The molecular weight excluding hydrogens is 365 g/mol. The highest BCUT2D eigenvalue weighted by atomic mass is 19.4. The molecule has 1 aromatic carbocycles. The first-order chi connectivity index (χ1) is 12.9. The predicted molar refractivity (Wildman–Crippen MR) is 89.8 cm³/mol. The summed E-state index contributed by atoms with van der Waals surface area (Å²) in [5, 5.41) is 2.41. The molecule has 1 aliphatic heterocycles. The molecule has 0 radical (unpaired) electrons. The molecule has 3 rings (SSSR count). The number of alkyl halides is 3. The van der Waals surface area contributed by atoms with Gasteiger partial charge in [0.05, 0.1) is 18.9 Å². The fourth-order valence-electron chi connectivity index (χ4n) is 2.56. The molecule has 2 heterocycles. The summed E-state index contributed by atoms with van der Waals surface area (Å²) in [6, 6.07) is 8.19. The maximum Gasteiger partial charge on any atom is 0.573 e. The number of benzene rings is 1. The highest BCUT2D eigenvalue weighted by Gasteiger charge is 2.32. The highest BCUT2D eigenvalue weighted by Crippen LogP contribution is 2.30. The molecule has 27 heavy (non-hydrogen) atoms. The van der Waals surface area contributed by atoms with Gasteiger partial charge in [-0.1, -0.05) is 12.1 Å². The smallest absolute Gasteiger partial charge is 0.474 e. The van der Waals surface area contributed by atoms with E-state index < -0.39 is 18.0 Å². The van der Waals surface area contributed by atoms with Crippen molar-refractivity contribution in [2.45, 2.75) is 25.3 Å². The zero-order valence-corrected chi connectivity index (χ0v) is 14.2. The van der Waals surface area contributed by atoms with Crippen LogP contribution in [0.1, 0.15) is 23.2 Å². The number of pyridine rings is 1. The van der Waals surface area contributed by atoms with Gasteiger partial charge in [0.2, 0.25) is 5.88 Å². The number of nitrogens with zero attached hydrogens (tertiary/aromatic N) is 1. The number of anilines is 1. The van der Waals surface area contributed by atoms with Gasteiger partial charge >= 0.3 is 6.36 Å². The summed E-state index contributed by atoms with van der Waals surface area (Å²) in [5.74, 6) is -0.826. The van der Waals surface area contributed by atoms with Crippen molar-refractivity contribution >= 4 is 11.6 Å². The molecule has 0 bridgehead atoms. The van der Waals surface area contributed by atoms with Crippen molar-refractivity contribution in [3.05, 3.63) is 48.2 Å². The average molecular weight is 382 g/mol. The van der Waals surface area contributed by atoms with Crippen LogP contribution in [0.5, 0.6) is 11.6 Å². The van der Waals surface area contributed by atoms with Crippen LogP contribution < -0.4 is 14.8 Å². The molecule has 0 aliphatic carbocycles. The Kier molecular flexibility index (Phi) is 5.80. The molecule has 1 amide bonds. The molecule has 1 fully saturated rings. The molecule has 0 atom stereocenters. The quantitative estimate of drug-likeness (QED) is 0.852. The van der Waals surface area contributed by atoms with Crippen molar-refractivity contribution in [1.82, 2.24) is 4.98 Å². The lowest BCUT2D eigenvalue weighted by Crippen LogP contribution is -2.26. The van der Waals surface area contributed by atoms with Crippen LogP contribution >= 0.6 is 0 Å². The predicted octanol–water partition coefficient (Wildman–Crippen LogP) is 3.79. The molecule has 1 aromatic heterocycles. The van der Waals surface area contributed by atoms with Crippen molar-refractivity contribution in [3.8, 4) is 11.6 Å². The lowest BCUT2D eigenvalue weighted by molar-refractivity contribution is -0.274. The molecule has 0 spiro atoms. The number of aromatic nitrogens is 1. The van der Waals surface area contributed by atoms with E-state index >= 15 is 0 Å².